The number of nitriles is 1. The smallest absolute Gasteiger partial charge is 0.269 e. The Morgan fingerprint density at radius 2 is 1.51 bits per heavy atom. The van der Waals surface area contributed by atoms with E-state index >= 15 is 0 Å². The van der Waals surface area contributed by atoms with Crippen molar-refractivity contribution in [3.63, 3.8) is 0 Å². The van der Waals surface area contributed by atoms with Crippen LogP contribution in [0.2, 0.25) is 0 Å². The van der Waals surface area contributed by atoms with E-state index in [9.17, 15) is 14.9 Å². The number of hydrogen-bond acceptors (Lipinski definition) is 4. The lowest BCUT2D eigenvalue weighted by Gasteiger charge is -2.19. The molecule has 2 amide bonds. The summed E-state index contributed by atoms with van der Waals surface area (Å²) in [5.41, 5.74) is 5.57. The summed E-state index contributed by atoms with van der Waals surface area (Å²) in [6, 6.07) is 25.2. The number of thioether (sulfide) groups is 1. The highest BCUT2D eigenvalue weighted by Crippen LogP contribution is 2.42. The Morgan fingerprint density at radius 3 is 2.09 bits per heavy atom. The van der Waals surface area contributed by atoms with Crippen LogP contribution in [-0.2, 0) is 22.4 Å². The molecule has 1 aliphatic rings. The molecule has 5 nitrogen and oxygen atoms in total. The van der Waals surface area contributed by atoms with Crippen LogP contribution in [0.1, 0.15) is 29.2 Å². The van der Waals surface area contributed by atoms with E-state index in [0.29, 0.717) is 22.8 Å². The molecule has 4 rings (SSSR count). The summed E-state index contributed by atoms with van der Waals surface area (Å²) in [5.74, 6) is -0.663. The number of aryl methyl sites for hydroxylation is 3. The highest BCUT2D eigenvalue weighted by atomic mass is 32.2. The molecule has 1 atom stereocenters. The van der Waals surface area contributed by atoms with Crippen LogP contribution in [0.15, 0.2) is 83.4 Å². The van der Waals surface area contributed by atoms with Crippen LogP contribution >= 0.6 is 11.8 Å². The van der Waals surface area contributed by atoms with Gasteiger partial charge >= 0.3 is 0 Å². The lowest BCUT2D eigenvalue weighted by atomic mass is 10.1. The zero-order valence-electron chi connectivity index (χ0n) is 20.0. The van der Waals surface area contributed by atoms with Crippen molar-refractivity contribution in [1.82, 2.24) is 0 Å². The van der Waals surface area contributed by atoms with Crippen LogP contribution in [0.4, 0.5) is 11.4 Å². The van der Waals surface area contributed by atoms with E-state index in [1.165, 1.54) is 16.7 Å². The number of hydrogen-bond donors (Lipinski definition) is 1. The van der Waals surface area contributed by atoms with Gasteiger partial charge in [-0.15, -0.1) is 0 Å². The van der Waals surface area contributed by atoms with Crippen molar-refractivity contribution >= 4 is 35.0 Å². The predicted octanol–water partition coefficient (Wildman–Crippen LogP) is 5.93. The van der Waals surface area contributed by atoms with Gasteiger partial charge in [-0.05, 0) is 62.1 Å². The third-order valence-electron chi connectivity index (χ3n) is 5.96. The first kappa shape index (κ1) is 24.3. The quantitative estimate of drug-likeness (QED) is 0.350. The van der Waals surface area contributed by atoms with Gasteiger partial charge in [0, 0.05) is 11.4 Å². The maximum Gasteiger partial charge on any atom is 0.269 e. The van der Waals surface area contributed by atoms with Crippen molar-refractivity contribution < 1.29 is 9.59 Å². The second kappa shape index (κ2) is 10.6. The summed E-state index contributed by atoms with van der Waals surface area (Å²) in [7, 11) is 0. The molecule has 1 heterocycles. The molecule has 1 unspecified atom stereocenters. The van der Waals surface area contributed by atoms with Gasteiger partial charge in [-0.3, -0.25) is 14.5 Å². The van der Waals surface area contributed by atoms with E-state index in [4.69, 9.17) is 0 Å². The van der Waals surface area contributed by atoms with Gasteiger partial charge in [-0.2, -0.15) is 5.26 Å². The predicted molar refractivity (Wildman–Crippen MR) is 142 cm³/mol. The Morgan fingerprint density at radius 1 is 0.943 bits per heavy atom. The summed E-state index contributed by atoms with van der Waals surface area (Å²) in [6.07, 6.45) is 1.39. The molecule has 1 N–H and O–H groups in total. The summed E-state index contributed by atoms with van der Waals surface area (Å²) >= 11 is 1.28. The largest absolute Gasteiger partial charge is 0.321 e. The fourth-order valence-electron chi connectivity index (χ4n) is 3.87. The zero-order chi connectivity index (χ0) is 24.9. The summed E-state index contributed by atoms with van der Waals surface area (Å²) in [6.45, 7) is 6.05. The number of benzene rings is 3. The molecular weight excluding hydrogens is 454 g/mol. The fraction of sp³-hybridized carbons (Fsp3) is 0.207. The Hall–Kier alpha value is -3.82. The number of nitrogens with one attached hydrogen (secondary N) is 1. The van der Waals surface area contributed by atoms with Gasteiger partial charge < -0.3 is 5.32 Å². The SMILES string of the molecule is CCc1ccc(N2C(=O)C(Cc3ccc(C)cc3)S/C2=C(/C#N)C(=O)Nc2ccc(C)cc2)cc1. The first-order valence-corrected chi connectivity index (χ1v) is 12.4. The molecule has 35 heavy (non-hydrogen) atoms. The summed E-state index contributed by atoms with van der Waals surface area (Å²) < 4.78 is 0. The van der Waals surface area contributed by atoms with Gasteiger partial charge in [-0.1, -0.05) is 78.3 Å². The summed E-state index contributed by atoms with van der Waals surface area (Å²) in [5, 5.41) is 12.7. The van der Waals surface area contributed by atoms with Gasteiger partial charge in [-0.25, -0.2) is 0 Å². The lowest BCUT2D eigenvalue weighted by molar-refractivity contribution is -0.117. The number of nitrogens with zero attached hydrogens (tertiary/aromatic N) is 2. The molecule has 1 saturated heterocycles. The maximum atomic E-state index is 13.6. The van der Waals surface area contributed by atoms with Crippen molar-refractivity contribution in [2.24, 2.45) is 0 Å². The first-order chi connectivity index (χ1) is 16.9. The molecule has 6 heteroatoms. The van der Waals surface area contributed by atoms with E-state index in [2.05, 4.69) is 18.3 Å². The molecular formula is C29H27N3O2S. The molecule has 1 fully saturated rings. The number of rotatable bonds is 6. The average Bonchev–Trinajstić information content (AvgIpc) is 3.17. The third kappa shape index (κ3) is 5.47. The molecule has 1 aliphatic heterocycles. The van der Waals surface area contributed by atoms with Gasteiger partial charge in [0.2, 0.25) is 5.91 Å². The van der Waals surface area contributed by atoms with Gasteiger partial charge in [0.25, 0.3) is 5.91 Å². The monoisotopic (exact) mass is 481 g/mol. The fourth-order valence-corrected chi connectivity index (χ4v) is 5.18. The number of amides is 2. The van der Waals surface area contributed by atoms with Crippen molar-refractivity contribution in [2.75, 3.05) is 10.2 Å². The zero-order valence-corrected chi connectivity index (χ0v) is 20.9. The van der Waals surface area contributed by atoms with Crippen molar-refractivity contribution in [3.05, 3.63) is 106 Å². The van der Waals surface area contributed by atoms with Gasteiger partial charge in [0.1, 0.15) is 16.7 Å². The highest BCUT2D eigenvalue weighted by molar-refractivity contribution is 8.05. The number of carbonyl (C=O) groups excluding carboxylic acids is 2. The highest BCUT2D eigenvalue weighted by Gasteiger charge is 2.40. The van der Waals surface area contributed by atoms with Crippen LogP contribution in [0.3, 0.4) is 0 Å². The molecule has 3 aromatic carbocycles. The Balaban J connectivity index is 1.71. The van der Waals surface area contributed by atoms with Crippen molar-refractivity contribution in [2.45, 2.75) is 38.9 Å². The van der Waals surface area contributed by atoms with Crippen LogP contribution in [0.5, 0.6) is 0 Å². The average molecular weight is 482 g/mol. The minimum Gasteiger partial charge on any atom is -0.321 e. The van der Waals surface area contributed by atoms with Crippen molar-refractivity contribution in [1.29, 1.82) is 5.26 Å². The number of anilines is 2. The topological polar surface area (TPSA) is 73.2 Å². The Bertz CT molecular complexity index is 1300. The molecule has 0 spiro atoms. The van der Waals surface area contributed by atoms with Crippen LogP contribution in [0.25, 0.3) is 0 Å². The molecule has 0 radical (unpaired) electrons. The Kier molecular flexibility index (Phi) is 7.38. The second-order valence-electron chi connectivity index (χ2n) is 8.60. The molecule has 0 bridgehead atoms. The van der Waals surface area contributed by atoms with Gasteiger partial charge in [0.15, 0.2) is 0 Å². The molecule has 3 aromatic rings. The second-order valence-corrected chi connectivity index (χ2v) is 9.79. The third-order valence-corrected chi connectivity index (χ3v) is 7.22. The molecule has 0 saturated carbocycles. The van der Waals surface area contributed by atoms with E-state index in [1.807, 2.05) is 74.5 Å². The van der Waals surface area contributed by atoms with E-state index in [0.717, 1.165) is 28.7 Å². The molecule has 176 valence electrons. The van der Waals surface area contributed by atoms with E-state index < -0.39 is 11.2 Å². The van der Waals surface area contributed by atoms with Crippen LogP contribution in [-0.4, -0.2) is 17.1 Å². The minimum atomic E-state index is -0.530. The lowest BCUT2D eigenvalue weighted by Crippen LogP contribution is -2.31. The van der Waals surface area contributed by atoms with Crippen LogP contribution in [0, 0.1) is 25.2 Å². The van der Waals surface area contributed by atoms with E-state index in [-0.39, 0.29) is 11.5 Å². The van der Waals surface area contributed by atoms with E-state index in [1.54, 1.807) is 12.1 Å². The normalized spacial score (nSPS) is 16.7. The van der Waals surface area contributed by atoms with Crippen LogP contribution < -0.4 is 10.2 Å². The minimum absolute atomic E-state index is 0.0742. The van der Waals surface area contributed by atoms with Crippen molar-refractivity contribution in [3.8, 4) is 6.07 Å². The molecule has 0 aromatic heterocycles. The van der Waals surface area contributed by atoms with Gasteiger partial charge in [0.05, 0.1) is 5.25 Å². The standard InChI is InChI=1S/C29H27N3O2S/c1-4-21-11-15-24(16-12-21)32-28(34)26(17-22-9-5-19(2)6-10-22)35-29(32)25(18-30)27(33)31-23-13-7-20(3)8-14-23/h5-16,26H,4,17H2,1-3H3,(H,31,33)/b29-25-. The first-order valence-electron chi connectivity index (χ1n) is 11.6. The summed E-state index contributed by atoms with van der Waals surface area (Å²) in [4.78, 5) is 28.3. The molecule has 0 aliphatic carbocycles. The number of carbonyl (C=O) groups is 2. The Labute approximate surface area is 210 Å². The maximum absolute atomic E-state index is 13.6.